The average molecular weight is 275 g/mol. The van der Waals surface area contributed by atoms with Crippen molar-refractivity contribution in [3.05, 3.63) is 29.8 Å². The number of halogens is 1. The number of methoxy groups -OCH3 is 1. The zero-order valence-corrected chi connectivity index (χ0v) is 10.5. The molecule has 0 unspecified atom stereocenters. The van der Waals surface area contributed by atoms with Crippen LogP contribution in [-0.2, 0) is 0 Å². The number of hydrogen-bond donors (Lipinski definition) is 1. The largest absolute Gasteiger partial charge is 0.497 e. The Morgan fingerprint density at radius 2 is 1.87 bits per heavy atom. The quantitative estimate of drug-likeness (QED) is 0.862. The van der Waals surface area contributed by atoms with Gasteiger partial charge in [-0.1, -0.05) is 22.9 Å². The van der Waals surface area contributed by atoms with Gasteiger partial charge in [-0.15, -0.1) is 0 Å². The Labute approximate surface area is 98.2 Å². The molecule has 0 saturated heterocycles. The molecule has 15 heavy (non-hydrogen) atoms. The Kier molecular flexibility index (Phi) is 7.72. The van der Waals surface area contributed by atoms with Crippen molar-refractivity contribution in [3.63, 3.8) is 0 Å². The van der Waals surface area contributed by atoms with Gasteiger partial charge in [0.2, 0.25) is 0 Å². The molecule has 1 rings (SSSR count). The van der Waals surface area contributed by atoms with E-state index >= 15 is 0 Å². The smallest absolute Gasteiger partial charge is 0.335 e. The molecule has 1 N–H and O–H groups in total. The molecule has 0 saturated carbocycles. The van der Waals surface area contributed by atoms with Crippen LogP contribution in [0.4, 0.5) is 0 Å². The lowest BCUT2D eigenvalue weighted by atomic mass is 10.2. The molecule has 0 aliphatic heterocycles. The van der Waals surface area contributed by atoms with Gasteiger partial charge in [-0.05, 0) is 30.7 Å². The van der Waals surface area contributed by atoms with E-state index in [0.29, 0.717) is 5.75 Å². The summed E-state index contributed by atoms with van der Waals surface area (Å²) in [4.78, 5) is 10.4. The predicted molar refractivity (Wildman–Crippen MR) is 64.0 cm³/mol. The first-order valence-corrected chi connectivity index (χ1v) is 5.71. The Balaban J connectivity index is 0.000000423. The second-order valence-electron chi connectivity index (χ2n) is 2.72. The van der Waals surface area contributed by atoms with E-state index in [1.54, 1.807) is 12.1 Å². The van der Waals surface area contributed by atoms with Gasteiger partial charge in [-0.2, -0.15) is 0 Å². The molecule has 0 radical (unpaired) electrons. The highest BCUT2D eigenvalue weighted by atomic mass is 79.9. The average Bonchev–Trinajstić information content (AvgIpc) is 2.29. The second kappa shape index (κ2) is 8.29. The number of carboxylic acid groups (broad SMARTS) is 1. The number of ether oxygens (including phenoxy) is 1. The molecule has 0 fully saturated rings. The SMILES string of the molecule is CCCBr.COc1ccc(C(=O)O)cc1. The highest BCUT2D eigenvalue weighted by Gasteiger charge is 2.00. The molecule has 1 aromatic carbocycles. The number of benzene rings is 1. The minimum absolute atomic E-state index is 0.269. The minimum Gasteiger partial charge on any atom is -0.497 e. The zero-order valence-electron chi connectivity index (χ0n) is 8.87. The molecule has 0 aliphatic carbocycles. The van der Waals surface area contributed by atoms with Crippen LogP contribution in [0, 0.1) is 0 Å². The van der Waals surface area contributed by atoms with Crippen LogP contribution in [0.1, 0.15) is 23.7 Å². The van der Waals surface area contributed by atoms with E-state index in [9.17, 15) is 4.79 Å². The third-order valence-electron chi connectivity index (χ3n) is 1.53. The molecular formula is C11H15BrO3. The van der Waals surface area contributed by atoms with Gasteiger partial charge in [-0.3, -0.25) is 0 Å². The number of aromatic carboxylic acids is 1. The Hall–Kier alpha value is -1.03. The van der Waals surface area contributed by atoms with E-state index < -0.39 is 5.97 Å². The summed E-state index contributed by atoms with van der Waals surface area (Å²) in [6.07, 6.45) is 1.24. The molecule has 0 aromatic heterocycles. The van der Waals surface area contributed by atoms with Crippen LogP contribution in [0.2, 0.25) is 0 Å². The third kappa shape index (κ3) is 6.12. The maximum Gasteiger partial charge on any atom is 0.335 e. The van der Waals surface area contributed by atoms with Crippen LogP contribution >= 0.6 is 15.9 Å². The first-order chi connectivity index (χ1) is 7.15. The lowest BCUT2D eigenvalue weighted by Gasteiger charge is -1.98. The minimum atomic E-state index is -0.923. The molecular weight excluding hydrogens is 260 g/mol. The summed E-state index contributed by atoms with van der Waals surface area (Å²) in [5, 5.41) is 9.64. The van der Waals surface area contributed by atoms with Crippen molar-refractivity contribution in [2.24, 2.45) is 0 Å². The van der Waals surface area contributed by atoms with Crippen molar-refractivity contribution in [1.82, 2.24) is 0 Å². The second-order valence-corrected chi connectivity index (χ2v) is 3.52. The number of carbonyl (C=O) groups is 1. The van der Waals surface area contributed by atoms with Crippen molar-refractivity contribution >= 4 is 21.9 Å². The molecule has 84 valence electrons. The normalized spacial score (nSPS) is 8.73. The first kappa shape index (κ1) is 14.0. The summed E-state index contributed by atoms with van der Waals surface area (Å²) in [7, 11) is 1.54. The van der Waals surface area contributed by atoms with E-state index in [0.717, 1.165) is 5.33 Å². The summed E-state index contributed by atoms with van der Waals surface area (Å²) in [6.45, 7) is 2.13. The van der Waals surface area contributed by atoms with Gasteiger partial charge >= 0.3 is 5.97 Å². The van der Waals surface area contributed by atoms with Crippen LogP contribution in [-0.4, -0.2) is 23.5 Å². The number of carboxylic acids is 1. The summed E-state index contributed by atoms with van der Waals surface area (Å²) in [6, 6.07) is 6.23. The number of hydrogen-bond acceptors (Lipinski definition) is 2. The van der Waals surface area contributed by atoms with Crippen LogP contribution in [0.5, 0.6) is 5.75 Å². The third-order valence-corrected chi connectivity index (χ3v) is 2.32. The molecule has 0 amide bonds. The fourth-order valence-electron chi connectivity index (χ4n) is 0.734. The van der Waals surface area contributed by atoms with E-state index in [-0.39, 0.29) is 5.56 Å². The standard InChI is InChI=1S/C8H8O3.C3H7Br/c1-11-7-4-2-6(3-5-7)8(9)10;1-2-3-4/h2-5H,1H3,(H,9,10);2-3H2,1H3. The van der Waals surface area contributed by atoms with Crippen LogP contribution in [0.25, 0.3) is 0 Å². The Morgan fingerprint density at radius 1 is 1.40 bits per heavy atom. The molecule has 0 bridgehead atoms. The predicted octanol–water partition coefficient (Wildman–Crippen LogP) is 3.18. The maximum absolute atomic E-state index is 10.4. The summed E-state index contributed by atoms with van der Waals surface area (Å²) in [5.74, 6) is -0.261. The molecule has 4 heteroatoms. The summed E-state index contributed by atoms with van der Waals surface area (Å²) in [5.41, 5.74) is 0.269. The van der Waals surface area contributed by atoms with Gasteiger partial charge in [0.1, 0.15) is 5.75 Å². The lowest BCUT2D eigenvalue weighted by molar-refractivity contribution is 0.0697. The van der Waals surface area contributed by atoms with E-state index in [1.807, 2.05) is 0 Å². The van der Waals surface area contributed by atoms with E-state index in [2.05, 4.69) is 22.9 Å². The van der Waals surface area contributed by atoms with Gasteiger partial charge in [0, 0.05) is 5.33 Å². The van der Waals surface area contributed by atoms with Crippen molar-refractivity contribution in [1.29, 1.82) is 0 Å². The molecule has 0 aliphatic rings. The topological polar surface area (TPSA) is 46.5 Å². The van der Waals surface area contributed by atoms with Gasteiger partial charge in [-0.25, -0.2) is 4.79 Å². The fraction of sp³-hybridized carbons (Fsp3) is 0.364. The van der Waals surface area contributed by atoms with Crippen molar-refractivity contribution in [3.8, 4) is 5.75 Å². The van der Waals surface area contributed by atoms with Gasteiger partial charge in [0.05, 0.1) is 12.7 Å². The molecule has 0 heterocycles. The number of alkyl halides is 1. The number of rotatable bonds is 3. The van der Waals surface area contributed by atoms with E-state index in [1.165, 1.54) is 25.7 Å². The van der Waals surface area contributed by atoms with Crippen molar-refractivity contribution in [2.45, 2.75) is 13.3 Å². The van der Waals surface area contributed by atoms with Crippen molar-refractivity contribution in [2.75, 3.05) is 12.4 Å². The van der Waals surface area contributed by atoms with Gasteiger partial charge in [0.15, 0.2) is 0 Å². The first-order valence-electron chi connectivity index (χ1n) is 4.59. The van der Waals surface area contributed by atoms with Crippen LogP contribution in [0.15, 0.2) is 24.3 Å². The summed E-state index contributed by atoms with van der Waals surface area (Å²) < 4.78 is 4.86. The van der Waals surface area contributed by atoms with E-state index in [4.69, 9.17) is 9.84 Å². The maximum atomic E-state index is 10.4. The molecule has 0 spiro atoms. The highest BCUT2D eigenvalue weighted by molar-refractivity contribution is 9.09. The van der Waals surface area contributed by atoms with Crippen LogP contribution < -0.4 is 4.74 Å². The fourth-order valence-corrected chi connectivity index (χ4v) is 0.734. The van der Waals surface area contributed by atoms with Crippen molar-refractivity contribution < 1.29 is 14.6 Å². The zero-order chi connectivity index (χ0) is 11.7. The Bertz CT molecular complexity index is 280. The van der Waals surface area contributed by atoms with Gasteiger partial charge in [0.25, 0.3) is 0 Å². The monoisotopic (exact) mass is 274 g/mol. The highest BCUT2D eigenvalue weighted by Crippen LogP contribution is 2.10. The lowest BCUT2D eigenvalue weighted by Crippen LogP contribution is -1.95. The van der Waals surface area contributed by atoms with Gasteiger partial charge < -0.3 is 9.84 Å². The Morgan fingerprint density at radius 3 is 2.13 bits per heavy atom. The molecule has 1 aromatic rings. The molecule has 0 atom stereocenters. The van der Waals surface area contributed by atoms with Crippen LogP contribution in [0.3, 0.4) is 0 Å². The molecule has 3 nitrogen and oxygen atoms in total. The summed E-state index contributed by atoms with van der Waals surface area (Å²) >= 11 is 3.25.